The molecule has 0 aliphatic heterocycles. The van der Waals surface area contributed by atoms with Crippen molar-refractivity contribution in [2.75, 3.05) is 11.1 Å². The minimum Gasteiger partial charge on any atom is -0.379 e. The van der Waals surface area contributed by atoms with E-state index in [1.54, 1.807) is 19.1 Å². The highest BCUT2D eigenvalue weighted by Gasteiger charge is 2.38. The Morgan fingerprint density at radius 1 is 1.28 bits per heavy atom. The Hall–Kier alpha value is -1.03. The summed E-state index contributed by atoms with van der Waals surface area (Å²) in [6.07, 6.45) is 2.45. The molecule has 18 heavy (non-hydrogen) atoms. The van der Waals surface area contributed by atoms with Crippen LogP contribution in [0.4, 0.5) is 5.69 Å². The summed E-state index contributed by atoms with van der Waals surface area (Å²) in [5, 5.41) is 3.41. The van der Waals surface area contributed by atoms with Gasteiger partial charge in [-0.2, -0.15) is 0 Å². The van der Waals surface area contributed by atoms with Crippen LogP contribution in [0.5, 0.6) is 0 Å². The Kier molecular flexibility index (Phi) is 3.41. The third-order valence-electron chi connectivity index (χ3n) is 3.66. The third kappa shape index (κ3) is 2.69. The fourth-order valence-corrected chi connectivity index (χ4v) is 3.30. The number of benzene rings is 1. The molecule has 0 radical (unpaired) electrons. The Balaban J connectivity index is 2.34. The Labute approximate surface area is 110 Å². The largest absolute Gasteiger partial charge is 0.379 e. The first kappa shape index (κ1) is 13.4. The van der Waals surface area contributed by atoms with Gasteiger partial charge in [-0.3, -0.25) is 0 Å². The van der Waals surface area contributed by atoms with E-state index in [-0.39, 0.29) is 11.3 Å². The van der Waals surface area contributed by atoms with Gasteiger partial charge in [-0.1, -0.05) is 19.1 Å². The maximum atomic E-state index is 12.1. The van der Waals surface area contributed by atoms with Gasteiger partial charge in [0.1, 0.15) is 0 Å². The van der Waals surface area contributed by atoms with Crippen LogP contribution >= 0.6 is 0 Å². The Morgan fingerprint density at radius 2 is 1.89 bits per heavy atom. The molecule has 4 heteroatoms. The van der Waals surface area contributed by atoms with Crippen LogP contribution in [-0.4, -0.2) is 19.7 Å². The lowest BCUT2D eigenvalue weighted by Gasteiger charge is -2.28. The molecule has 1 aliphatic rings. The van der Waals surface area contributed by atoms with Gasteiger partial charge in [0.15, 0.2) is 9.84 Å². The summed E-state index contributed by atoms with van der Waals surface area (Å²) in [5.74, 6) is 0.783. The highest BCUT2D eigenvalue weighted by molar-refractivity contribution is 7.91. The van der Waals surface area contributed by atoms with Gasteiger partial charge in [0, 0.05) is 5.54 Å². The average Bonchev–Trinajstić information content (AvgIpc) is 3.13. The van der Waals surface area contributed by atoms with Crippen molar-refractivity contribution in [3.8, 4) is 0 Å². The second kappa shape index (κ2) is 4.57. The zero-order valence-electron chi connectivity index (χ0n) is 11.2. The summed E-state index contributed by atoms with van der Waals surface area (Å²) in [6, 6.07) is 7.19. The molecule has 1 aromatic rings. The summed E-state index contributed by atoms with van der Waals surface area (Å²) < 4.78 is 24.1. The van der Waals surface area contributed by atoms with Gasteiger partial charge in [0.05, 0.1) is 16.3 Å². The molecule has 0 atom stereocenters. The minimum atomic E-state index is -3.17. The molecule has 1 N–H and O–H groups in total. The van der Waals surface area contributed by atoms with Gasteiger partial charge in [-0.15, -0.1) is 0 Å². The molecule has 0 amide bonds. The van der Waals surface area contributed by atoms with E-state index in [0.717, 1.165) is 5.69 Å². The molecule has 0 saturated heterocycles. The van der Waals surface area contributed by atoms with Gasteiger partial charge in [0.25, 0.3) is 0 Å². The predicted octanol–water partition coefficient (Wildman–Crippen LogP) is 3.08. The number of hydrogen-bond acceptors (Lipinski definition) is 3. The van der Waals surface area contributed by atoms with Crippen LogP contribution < -0.4 is 5.32 Å². The Bertz CT molecular complexity index is 530. The first-order chi connectivity index (χ1) is 8.37. The van der Waals surface area contributed by atoms with Gasteiger partial charge in [0.2, 0.25) is 0 Å². The van der Waals surface area contributed by atoms with Crippen molar-refractivity contribution in [1.29, 1.82) is 0 Å². The predicted molar refractivity (Wildman–Crippen MR) is 74.6 cm³/mol. The van der Waals surface area contributed by atoms with Crippen molar-refractivity contribution >= 4 is 15.5 Å². The monoisotopic (exact) mass is 267 g/mol. The molecular formula is C14H21NO2S. The molecule has 0 bridgehead atoms. The van der Waals surface area contributed by atoms with Crippen LogP contribution in [0.2, 0.25) is 0 Å². The van der Waals surface area contributed by atoms with Crippen LogP contribution in [0.15, 0.2) is 29.2 Å². The highest BCUT2D eigenvalue weighted by atomic mass is 32.2. The molecule has 1 fully saturated rings. The van der Waals surface area contributed by atoms with E-state index in [1.807, 2.05) is 12.1 Å². The molecule has 0 spiro atoms. The van der Waals surface area contributed by atoms with Crippen molar-refractivity contribution in [2.45, 2.75) is 44.0 Å². The van der Waals surface area contributed by atoms with E-state index < -0.39 is 9.84 Å². The van der Waals surface area contributed by atoms with E-state index >= 15 is 0 Å². The minimum absolute atomic E-state index is 0.0423. The van der Waals surface area contributed by atoms with Crippen LogP contribution in [0.3, 0.4) is 0 Å². The molecule has 1 aromatic carbocycles. The lowest BCUT2D eigenvalue weighted by molar-refractivity contribution is 0.493. The summed E-state index contributed by atoms with van der Waals surface area (Å²) in [4.78, 5) is 0.418. The molecule has 100 valence electrons. The quantitative estimate of drug-likeness (QED) is 0.891. The number of sulfone groups is 1. The lowest BCUT2D eigenvalue weighted by atomic mass is 9.98. The summed E-state index contributed by atoms with van der Waals surface area (Å²) in [5.41, 5.74) is 0.690. The molecular weight excluding hydrogens is 246 g/mol. The maximum Gasteiger partial charge on any atom is 0.180 e. The van der Waals surface area contributed by atoms with Crippen LogP contribution in [0, 0.1) is 5.92 Å². The number of para-hydroxylation sites is 1. The highest BCUT2D eigenvalue weighted by Crippen LogP contribution is 2.41. The smallest absolute Gasteiger partial charge is 0.180 e. The summed E-state index contributed by atoms with van der Waals surface area (Å²) in [6.45, 7) is 5.96. The summed E-state index contributed by atoms with van der Waals surface area (Å²) in [7, 11) is -3.17. The zero-order chi connectivity index (χ0) is 13.4. The third-order valence-corrected chi connectivity index (χ3v) is 5.44. The normalized spacial score (nSPS) is 16.6. The van der Waals surface area contributed by atoms with Gasteiger partial charge >= 0.3 is 0 Å². The van der Waals surface area contributed by atoms with Crippen molar-refractivity contribution < 1.29 is 8.42 Å². The van der Waals surface area contributed by atoms with Crippen molar-refractivity contribution in [3.63, 3.8) is 0 Å². The average molecular weight is 267 g/mol. The fourth-order valence-electron chi connectivity index (χ4n) is 2.25. The zero-order valence-corrected chi connectivity index (χ0v) is 12.0. The second-order valence-corrected chi connectivity index (χ2v) is 7.77. The maximum absolute atomic E-state index is 12.1. The first-order valence-electron chi connectivity index (χ1n) is 6.47. The standard InChI is InChI=1S/C14H21NO2S/c1-4-18(16,17)13-8-6-5-7-12(13)15-14(2,3)11-9-10-11/h5-8,11,15H,4,9-10H2,1-3H3. The van der Waals surface area contributed by atoms with E-state index in [9.17, 15) is 8.42 Å². The van der Waals surface area contributed by atoms with E-state index in [2.05, 4.69) is 19.2 Å². The van der Waals surface area contributed by atoms with Crippen molar-refractivity contribution in [2.24, 2.45) is 5.92 Å². The molecule has 3 nitrogen and oxygen atoms in total. The van der Waals surface area contributed by atoms with E-state index in [1.165, 1.54) is 12.8 Å². The molecule has 1 saturated carbocycles. The molecule has 0 unspecified atom stereocenters. The summed E-state index contributed by atoms with van der Waals surface area (Å²) >= 11 is 0. The molecule has 2 rings (SSSR count). The van der Waals surface area contributed by atoms with Crippen molar-refractivity contribution in [3.05, 3.63) is 24.3 Å². The van der Waals surface area contributed by atoms with E-state index in [0.29, 0.717) is 10.8 Å². The Morgan fingerprint density at radius 3 is 2.44 bits per heavy atom. The van der Waals surface area contributed by atoms with Crippen LogP contribution in [-0.2, 0) is 9.84 Å². The van der Waals surface area contributed by atoms with Gasteiger partial charge < -0.3 is 5.32 Å². The number of hydrogen-bond donors (Lipinski definition) is 1. The van der Waals surface area contributed by atoms with Gasteiger partial charge in [-0.25, -0.2) is 8.42 Å². The second-order valence-electron chi connectivity index (χ2n) is 5.52. The van der Waals surface area contributed by atoms with Gasteiger partial charge in [-0.05, 0) is 44.7 Å². The number of rotatable bonds is 5. The van der Waals surface area contributed by atoms with E-state index in [4.69, 9.17) is 0 Å². The molecule has 1 aliphatic carbocycles. The molecule has 0 aromatic heterocycles. The number of nitrogens with one attached hydrogen (secondary N) is 1. The molecule has 0 heterocycles. The number of anilines is 1. The first-order valence-corrected chi connectivity index (χ1v) is 8.12. The fraction of sp³-hybridized carbons (Fsp3) is 0.571. The van der Waals surface area contributed by atoms with Crippen LogP contribution in [0.1, 0.15) is 33.6 Å². The topological polar surface area (TPSA) is 46.2 Å². The van der Waals surface area contributed by atoms with Crippen LogP contribution in [0.25, 0.3) is 0 Å². The van der Waals surface area contributed by atoms with Crippen molar-refractivity contribution in [1.82, 2.24) is 0 Å². The SMILES string of the molecule is CCS(=O)(=O)c1ccccc1NC(C)(C)C1CC1. The lowest BCUT2D eigenvalue weighted by Crippen LogP contribution is -2.34.